The highest BCUT2D eigenvalue weighted by Gasteiger charge is 2.45. The first kappa shape index (κ1) is 22.8. The van der Waals surface area contributed by atoms with Crippen LogP contribution in [0.15, 0.2) is 36.4 Å². The Morgan fingerprint density at radius 3 is 2.61 bits per heavy atom. The minimum Gasteiger partial charge on any atom is -0.409 e. The number of fused-ring (bicyclic) bond motifs is 1. The molecule has 31 heavy (non-hydrogen) atoms. The van der Waals surface area contributed by atoms with Gasteiger partial charge in [-0.25, -0.2) is 9.46 Å². The lowest BCUT2D eigenvalue weighted by Crippen LogP contribution is -2.42. The first-order valence-electron chi connectivity index (χ1n) is 10.1. The third-order valence-electron chi connectivity index (χ3n) is 5.31. The number of carbonyl (C=O) groups excluding carboxylic acids is 1. The van der Waals surface area contributed by atoms with Crippen molar-refractivity contribution in [3.8, 4) is 5.75 Å². The largest absolute Gasteiger partial charge is 0.425 e. The molecule has 0 aromatic heterocycles. The van der Waals surface area contributed by atoms with Crippen LogP contribution in [0.5, 0.6) is 5.75 Å². The Kier molecular flexibility index (Phi) is 6.82. The molecule has 10 heteroatoms. The zero-order valence-electron chi connectivity index (χ0n) is 17.2. The second-order valence-corrected chi connectivity index (χ2v) is 11.6. The van der Waals surface area contributed by atoms with Gasteiger partial charge in [-0.05, 0) is 62.4 Å². The quantitative estimate of drug-likeness (QED) is 0.457. The number of ether oxygens (including phenoxy) is 2. The fourth-order valence-corrected chi connectivity index (χ4v) is 7.48. The van der Waals surface area contributed by atoms with E-state index in [1.54, 1.807) is 18.2 Å². The van der Waals surface area contributed by atoms with Crippen molar-refractivity contribution in [2.24, 2.45) is 0 Å². The van der Waals surface area contributed by atoms with Crippen molar-refractivity contribution in [2.45, 2.75) is 33.0 Å². The lowest BCUT2D eigenvalue weighted by molar-refractivity contribution is -0.0316. The van der Waals surface area contributed by atoms with E-state index in [1.807, 2.05) is 18.2 Å². The number of amides is 1. The van der Waals surface area contributed by atoms with E-state index in [1.165, 1.54) is 4.67 Å². The van der Waals surface area contributed by atoms with Crippen molar-refractivity contribution in [1.82, 2.24) is 0 Å². The number of carbonyl (C=O) groups is 1. The summed E-state index contributed by atoms with van der Waals surface area (Å²) >= 11 is 18.4. The van der Waals surface area contributed by atoms with Crippen LogP contribution < -0.4 is 19.6 Å². The SMILES string of the molecule is CCN(CC)c1ccc2c(c1)OC(=O)N(c1ccc(Cl)c(Cl)c1)[P@]2(=S)O[C@H]1CCCO1. The molecule has 1 amide bonds. The maximum Gasteiger partial charge on any atom is 0.425 e. The summed E-state index contributed by atoms with van der Waals surface area (Å²) in [7, 11) is 0. The van der Waals surface area contributed by atoms with E-state index in [0.29, 0.717) is 33.4 Å². The van der Waals surface area contributed by atoms with Crippen LogP contribution in [0, 0.1) is 0 Å². The monoisotopic (exact) mass is 500 g/mol. The van der Waals surface area contributed by atoms with Crippen molar-refractivity contribution in [2.75, 3.05) is 29.3 Å². The van der Waals surface area contributed by atoms with Gasteiger partial charge >= 0.3 is 6.09 Å². The summed E-state index contributed by atoms with van der Waals surface area (Å²) in [6.07, 6.45) is -2.58. The molecule has 0 radical (unpaired) electrons. The average Bonchev–Trinajstić information content (AvgIpc) is 3.24. The predicted octanol–water partition coefficient (Wildman–Crippen LogP) is 5.95. The number of benzene rings is 2. The highest BCUT2D eigenvalue weighted by molar-refractivity contribution is 8.17. The molecule has 0 unspecified atom stereocenters. The van der Waals surface area contributed by atoms with Crippen LogP contribution in [0.25, 0.3) is 0 Å². The van der Waals surface area contributed by atoms with E-state index in [9.17, 15) is 4.79 Å². The molecule has 0 aliphatic carbocycles. The molecular formula is C21H23Cl2N2O4PS. The van der Waals surface area contributed by atoms with Crippen LogP contribution in [0.2, 0.25) is 10.0 Å². The van der Waals surface area contributed by atoms with E-state index in [4.69, 9.17) is 49.0 Å². The second kappa shape index (κ2) is 9.26. The van der Waals surface area contributed by atoms with E-state index in [2.05, 4.69) is 18.7 Å². The zero-order chi connectivity index (χ0) is 22.2. The molecule has 0 bridgehead atoms. The number of hydrogen-bond acceptors (Lipinski definition) is 6. The summed E-state index contributed by atoms with van der Waals surface area (Å²) in [6.45, 7) is 6.42. The summed E-state index contributed by atoms with van der Waals surface area (Å²) in [6, 6.07) is 10.6. The number of hydrogen-bond donors (Lipinski definition) is 0. The molecule has 2 aliphatic rings. The van der Waals surface area contributed by atoms with Crippen LogP contribution >= 0.6 is 29.6 Å². The Balaban J connectivity index is 1.83. The van der Waals surface area contributed by atoms with Gasteiger partial charge in [0.25, 0.3) is 0 Å². The summed E-state index contributed by atoms with van der Waals surface area (Å²) in [5, 5.41) is 1.36. The zero-order valence-corrected chi connectivity index (χ0v) is 20.4. The molecule has 2 atom stereocenters. The number of nitrogens with zero attached hydrogens (tertiary/aromatic N) is 2. The molecule has 2 aromatic carbocycles. The number of halogens is 2. The van der Waals surface area contributed by atoms with Crippen molar-refractivity contribution in [3.63, 3.8) is 0 Å². The van der Waals surface area contributed by atoms with E-state index >= 15 is 0 Å². The van der Waals surface area contributed by atoms with Crippen LogP contribution in [0.3, 0.4) is 0 Å². The minimum absolute atomic E-state index is 0.313. The summed E-state index contributed by atoms with van der Waals surface area (Å²) in [5.41, 5.74) is 1.43. The first-order valence-corrected chi connectivity index (χ1v) is 13.6. The molecule has 1 saturated heterocycles. The number of anilines is 2. The van der Waals surface area contributed by atoms with Crippen molar-refractivity contribution < 1.29 is 18.8 Å². The average molecular weight is 501 g/mol. The van der Waals surface area contributed by atoms with Gasteiger partial charge in [-0.2, -0.15) is 0 Å². The van der Waals surface area contributed by atoms with Crippen molar-refractivity contribution in [3.05, 3.63) is 46.4 Å². The third-order valence-corrected chi connectivity index (χ3v) is 9.80. The lowest BCUT2D eigenvalue weighted by atomic mass is 10.2. The summed E-state index contributed by atoms with van der Waals surface area (Å²) in [4.78, 5) is 15.4. The normalized spacial score (nSPS) is 22.9. The summed E-state index contributed by atoms with van der Waals surface area (Å²) < 4.78 is 19.2. The van der Waals surface area contributed by atoms with Gasteiger partial charge in [-0.3, -0.25) is 4.52 Å². The second-order valence-electron chi connectivity index (χ2n) is 7.17. The van der Waals surface area contributed by atoms with Crippen LogP contribution in [0.4, 0.5) is 16.2 Å². The molecule has 6 nitrogen and oxygen atoms in total. The molecule has 1 fully saturated rings. The Morgan fingerprint density at radius 1 is 1.19 bits per heavy atom. The van der Waals surface area contributed by atoms with Gasteiger partial charge in [0.05, 0.1) is 21.0 Å². The van der Waals surface area contributed by atoms with Gasteiger partial charge in [0.2, 0.25) is 6.42 Å². The van der Waals surface area contributed by atoms with E-state index in [-0.39, 0.29) is 0 Å². The van der Waals surface area contributed by atoms with Gasteiger partial charge in [0, 0.05) is 37.9 Å². The molecule has 2 aliphatic heterocycles. The van der Waals surface area contributed by atoms with Crippen molar-refractivity contribution in [1.29, 1.82) is 0 Å². The molecule has 2 aromatic rings. The Hall–Kier alpha value is -1.34. The third kappa shape index (κ3) is 4.32. The Morgan fingerprint density at radius 2 is 1.97 bits per heavy atom. The maximum atomic E-state index is 13.2. The van der Waals surface area contributed by atoms with E-state index < -0.39 is 18.8 Å². The topological polar surface area (TPSA) is 51.2 Å². The molecule has 0 saturated carbocycles. The first-order chi connectivity index (χ1) is 14.9. The molecule has 0 spiro atoms. The van der Waals surface area contributed by atoms with Gasteiger partial charge in [-0.1, -0.05) is 23.2 Å². The molecule has 2 heterocycles. The number of rotatable bonds is 6. The van der Waals surface area contributed by atoms with E-state index in [0.717, 1.165) is 31.6 Å². The van der Waals surface area contributed by atoms with Gasteiger partial charge in [0.1, 0.15) is 5.75 Å². The Labute approximate surface area is 197 Å². The Bertz CT molecular complexity index is 1040. The fraction of sp³-hybridized carbons (Fsp3) is 0.381. The maximum absolute atomic E-state index is 13.2. The molecule has 0 N–H and O–H groups in total. The lowest BCUT2D eigenvalue weighted by Gasteiger charge is -2.39. The van der Waals surface area contributed by atoms with Gasteiger partial charge < -0.3 is 14.4 Å². The van der Waals surface area contributed by atoms with Gasteiger partial charge in [-0.15, -0.1) is 0 Å². The molecule has 166 valence electrons. The predicted molar refractivity (Wildman–Crippen MR) is 129 cm³/mol. The highest BCUT2D eigenvalue weighted by Crippen LogP contribution is 2.59. The van der Waals surface area contributed by atoms with Gasteiger partial charge in [0.15, 0.2) is 6.29 Å². The smallest absolute Gasteiger partial charge is 0.409 e. The molecule has 4 rings (SSSR count). The standard InChI is InChI=1S/C21H23Cl2N2O4PS/c1-3-24(4-2)14-8-10-19-18(13-14)28-21(26)25(15-7-9-16(22)17(23)12-15)30(19,31)29-20-6-5-11-27-20/h7-10,12-13,20H,3-6,11H2,1-2H3/t20-,30-/m0/s1. The van der Waals surface area contributed by atoms with Crippen LogP contribution in [-0.4, -0.2) is 32.1 Å². The minimum atomic E-state index is -3.10. The van der Waals surface area contributed by atoms with Crippen molar-refractivity contribution >= 4 is 64.2 Å². The molecular weight excluding hydrogens is 478 g/mol. The summed E-state index contributed by atoms with van der Waals surface area (Å²) in [5.74, 6) is 0.423. The fourth-order valence-electron chi connectivity index (χ4n) is 3.72. The highest BCUT2D eigenvalue weighted by atomic mass is 35.5. The van der Waals surface area contributed by atoms with Crippen LogP contribution in [-0.2, 0) is 21.1 Å². The van der Waals surface area contributed by atoms with Crippen LogP contribution in [0.1, 0.15) is 26.7 Å².